The van der Waals surface area contributed by atoms with Crippen LogP contribution < -0.4 is 24.8 Å². The quantitative estimate of drug-likeness (QED) is 0.439. The molecule has 0 N–H and O–H groups in total. The summed E-state index contributed by atoms with van der Waals surface area (Å²) in [4.78, 5) is 43.1. The van der Waals surface area contributed by atoms with Gasteiger partial charge < -0.3 is 19.5 Å². The maximum atomic E-state index is 13.1. The molecule has 10 heteroatoms. The molecular weight excluding hydrogens is 420 g/mol. The van der Waals surface area contributed by atoms with Gasteiger partial charge in [0.05, 0.1) is 36.4 Å². The predicted octanol–water partition coefficient (Wildman–Crippen LogP) is -0.159. The van der Waals surface area contributed by atoms with Crippen LogP contribution in [0.2, 0.25) is 0 Å². The number of aliphatic carboxylic acids is 1. The van der Waals surface area contributed by atoms with E-state index in [2.05, 4.69) is 10.1 Å². The molecule has 0 saturated carbocycles. The first-order valence-electron chi connectivity index (χ1n) is 9.18. The van der Waals surface area contributed by atoms with Crippen LogP contribution in [0.15, 0.2) is 53.3 Å². The normalized spacial score (nSPS) is 14.9. The molecule has 2 aromatic carbocycles. The van der Waals surface area contributed by atoms with E-state index in [9.17, 15) is 19.5 Å². The topological polar surface area (TPSA) is 117 Å². The lowest BCUT2D eigenvalue weighted by atomic mass is 10.1. The number of hydrogen-bond donors (Lipinski definition) is 0. The van der Waals surface area contributed by atoms with Crippen LogP contribution >= 0.6 is 11.3 Å². The second kappa shape index (κ2) is 7.03. The zero-order valence-corrected chi connectivity index (χ0v) is 16.9. The van der Waals surface area contributed by atoms with Gasteiger partial charge in [-0.25, -0.2) is 0 Å². The number of rotatable bonds is 4. The summed E-state index contributed by atoms with van der Waals surface area (Å²) >= 11 is 1.03. The van der Waals surface area contributed by atoms with E-state index in [0.29, 0.717) is 33.3 Å². The van der Waals surface area contributed by atoms with Gasteiger partial charge in [0, 0.05) is 5.56 Å². The minimum atomic E-state index is -1.39. The minimum Gasteiger partial charge on any atom is -0.548 e. The molecule has 0 saturated heterocycles. The second-order valence-electron chi connectivity index (χ2n) is 6.72. The maximum absolute atomic E-state index is 13.1. The number of methoxy groups -OCH3 is 1. The molecule has 0 bridgehead atoms. The molecule has 31 heavy (non-hydrogen) atoms. The van der Waals surface area contributed by atoms with Crippen molar-refractivity contribution < 1.29 is 19.4 Å². The smallest absolute Gasteiger partial charge is 0.291 e. The van der Waals surface area contributed by atoms with E-state index in [4.69, 9.17) is 4.74 Å². The highest BCUT2D eigenvalue weighted by Crippen LogP contribution is 2.35. The maximum Gasteiger partial charge on any atom is 0.291 e. The number of aromatic nitrogens is 3. The highest BCUT2D eigenvalue weighted by molar-refractivity contribution is 7.15. The van der Waals surface area contributed by atoms with E-state index in [1.807, 2.05) is 12.1 Å². The first-order chi connectivity index (χ1) is 15.0. The van der Waals surface area contributed by atoms with E-state index in [1.165, 1.54) is 7.11 Å². The Bertz CT molecular complexity index is 1490. The fraction of sp³-hybridized carbons (Fsp3) is 0.0952. The molecule has 1 amide bonds. The average Bonchev–Trinajstić information content (AvgIpc) is 3.39. The summed E-state index contributed by atoms with van der Waals surface area (Å²) in [6.07, 6.45) is 0. The van der Waals surface area contributed by atoms with Gasteiger partial charge in [-0.1, -0.05) is 41.7 Å². The number of hydrogen-bond acceptors (Lipinski definition) is 8. The first-order valence-corrected chi connectivity index (χ1v) is 9.99. The van der Waals surface area contributed by atoms with Crippen molar-refractivity contribution in [2.24, 2.45) is 0 Å². The Balaban J connectivity index is 1.72. The number of benzene rings is 2. The fourth-order valence-electron chi connectivity index (χ4n) is 3.61. The SMILES string of the molecule is COc1ccccc1-c1nc2s/c(=C3/C(=O)N(CC(=O)[O-])c4ccccc43)c(=O)n2n1. The number of anilines is 1. The number of thiazole rings is 1. The largest absolute Gasteiger partial charge is 0.548 e. The average molecular weight is 433 g/mol. The molecule has 5 rings (SSSR count). The van der Waals surface area contributed by atoms with Crippen LogP contribution in [0.5, 0.6) is 5.75 Å². The molecule has 3 heterocycles. The lowest BCUT2D eigenvalue weighted by Gasteiger charge is -2.17. The zero-order valence-electron chi connectivity index (χ0n) is 16.1. The third kappa shape index (κ3) is 2.88. The number of ether oxygens (including phenoxy) is 1. The molecule has 0 aliphatic carbocycles. The van der Waals surface area contributed by atoms with Crippen molar-refractivity contribution in [1.29, 1.82) is 0 Å². The van der Waals surface area contributed by atoms with Crippen LogP contribution in [0.3, 0.4) is 0 Å². The number of carboxylic acid groups (broad SMARTS) is 1. The molecule has 0 atom stereocenters. The lowest BCUT2D eigenvalue weighted by molar-refractivity contribution is -0.303. The molecular formula is C21H13N4O5S-. The van der Waals surface area contributed by atoms with Gasteiger partial charge in [-0.05, 0) is 18.2 Å². The van der Waals surface area contributed by atoms with Gasteiger partial charge in [0.15, 0.2) is 5.82 Å². The summed E-state index contributed by atoms with van der Waals surface area (Å²) in [6.45, 7) is -0.605. The summed E-state index contributed by atoms with van der Waals surface area (Å²) in [5, 5.41) is 15.4. The fourth-order valence-corrected chi connectivity index (χ4v) is 4.61. The number of carbonyl (C=O) groups excluding carboxylic acids is 2. The van der Waals surface area contributed by atoms with Crippen LogP contribution in [-0.4, -0.2) is 40.1 Å². The number of amides is 1. The van der Waals surface area contributed by atoms with Gasteiger partial charge in [-0.15, -0.1) is 5.10 Å². The molecule has 4 aromatic rings. The minimum absolute atomic E-state index is 0.137. The summed E-state index contributed by atoms with van der Waals surface area (Å²) in [6, 6.07) is 13.9. The van der Waals surface area contributed by atoms with Crippen molar-refractivity contribution in [2.75, 3.05) is 18.6 Å². The predicted molar refractivity (Wildman–Crippen MR) is 111 cm³/mol. The van der Waals surface area contributed by atoms with Gasteiger partial charge in [-0.3, -0.25) is 9.59 Å². The summed E-state index contributed by atoms with van der Waals surface area (Å²) in [5.41, 5.74) is 1.18. The Kier molecular flexibility index (Phi) is 4.29. The summed E-state index contributed by atoms with van der Waals surface area (Å²) < 4.78 is 6.63. The molecule has 9 nitrogen and oxygen atoms in total. The first kappa shape index (κ1) is 18.9. The highest BCUT2D eigenvalue weighted by Gasteiger charge is 2.34. The van der Waals surface area contributed by atoms with Crippen molar-refractivity contribution in [3.63, 3.8) is 0 Å². The summed E-state index contributed by atoms with van der Waals surface area (Å²) in [5.74, 6) is -1.07. The number of carboxylic acids is 1. The highest BCUT2D eigenvalue weighted by atomic mass is 32.1. The number of carbonyl (C=O) groups is 2. The monoisotopic (exact) mass is 433 g/mol. The molecule has 0 fully saturated rings. The second-order valence-corrected chi connectivity index (χ2v) is 7.70. The van der Waals surface area contributed by atoms with Crippen LogP contribution in [0.1, 0.15) is 5.56 Å². The van der Waals surface area contributed by atoms with Gasteiger partial charge in [0.25, 0.3) is 11.5 Å². The molecule has 154 valence electrons. The molecule has 2 aromatic heterocycles. The molecule has 0 spiro atoms. The van der Waals surface area contributed by atoms with Gasteiger partial charge in [-0.2, -0.15) is 9.50 Å². The third-order valence-electron chi connectivity index (χ3n) is 4.94. The third-order valence-corrected chi connectivity index (χ3v) is 5.97. The van der Waals surface area contributed by atoms with Crippen molar-refractivity contribution in [3.8, 4) is 17.1 Å². The molecule has 1 aliphatic rings. The van der Waals surface area contributed by atoms with E-state index in [-0.39, 0.29) is 10.1 Å². The van der Waals surface area contributed by atoms with Gasteiger partial charge in [0.2, 0.25) is 4.96 Å². The number of nitrogens with zero attached hydrogens (tertiary/aromatic N) is 4. The van der Waals surface area contributed by atoms with E-state index in [0.717, 1.165) is 20.8 Å². The Morgan fingerprint density at radius 1 is 1.10 bits per heavy atom. The number of para-hydroxylation sites is 2. The Labute approximate surface area is 178 Å². The molecule has 0 unspecified atom stereocenters. The van der Waals surface area contributed by atoms with Crippen LogP contribution in [-0.2, 0) is 9.59 Å². The van der Waals surface area contributed by atoms with Crippen molar-refractivity contribution in [3.05, 3.63) is 69.0 Å². The molecule has 1 aliphatic heterocycles. The van der Waals surface area contributed by atoms with E-state index < -0.39 is 24.0 Å². The lowest BCUT2D eigenvalue weighted by Crippen LogP contribution is -2.40. The van der Waals surface area contributed by atoms with Crippen molar-refractivity contribution in [1.82, 2.24) is 14.6 Å². The van der Waals surface area contributed by atoms with Crippen LogP contribution in [0, 0.1) is 0 Å². The van der Waals surface area contributed by atoms with Crippen molar-refractivity contribution >= 4 is 39.4 Å². The van der Waals surface area contributed by atoms with Crippen LogP contribution in [0.25, 0.3) is 21.9 Å². The zero-order chi connectivity index (χ0) is 21.7. The Morgan fingerprint density at radius 3 is 2.52 bits per heavy atom. The Hall–Kier alpha value is -4.05. The van der Waals surface area contributed by atoms with E-state index in [1.54, 1.807) is 36.4 Å². The number of fused-ring (bicyclic) bond motifs is 2. The summed E-state index contributed by atoms with van der Waals surface area (Å²) in [7, 11) is 1.53. The van der Waals surface area contributed by atoms with Gasteiger partial charge >= 0.3 is 0 Å². The molecule has 0 radical (unpaired) electrons. The Morgan fingerprint density at radius 2 is 1.81 bits per heavy atom. The van der Waals surface area contributed by atoms with Crippen LogP contribution in [0.4, 0.5) is 5.69 Å². The van der Waals surface area contributed by atoms with E-state index >= 15 is 0 Å². The van der Waals surface area contributed by atoms with Crippen molar-refractivity contribution in [2.45, 2.75) is 0 Å². The van der Waals surface area contributed by atoms with Gasteiger partial charge in [0.1, 0.15) is 10.3 Å². The standard InChI is InChI=1S/C21H14N4O5S/c1-30-14-9-5-3-7-12(14)18-22-21-25(23-18)20(29)17(31-21)16-11-6-2-4-8-13(11)24(19(16)28)10-15(26)27/h2-9H,10H2,1H3,(H,26,27)/p-1/b17-16+.